The molecule has 1 aliphatic rings. The molecule has 1 aromatic rings. The highest BCUT2D eigenvalue weighted by Crippen LogP contribution is 2.34. The predicted octanol–water partition coefficient (Wildman–Crippen LogP) is 4.11. The molecule has 6 heteroatoms. The van der Waals surface area contributed by atoms with Crippen LogP contribution in [0, 0.1) is 29.4 Å². The molecule has 1 aromatic carbocycles. The van der Waals surface area contributed by atoms with Crippen LogP contribution in [0.15, 0.2) is 18.2 Å². The Morgan fingerprint density at radius 2 is 1.68 bits per heavy atom. The number of carbonyl (C=O) groups is 2. The third-order valence-corrected chi connectivity index (χ3v) is 5.41. The molecule has 156 valence electrons. The summed E-state index contributed by atoms with van der Waals surface area (Å²) in [7, 11) is 0. The highest BCUT2D eigenvalue weighted by atomic mass is 19.1. The van der Waals surface area contributed by atoms with E-state index < -0.39 is 34.9 Å². The van der Waals surface area contributed by atoms with Crippen molar-refractivity contribution in [2.24, 2.45) is 23.5 Å². The van der Waals surface area contributed by atoms with Crippen LogP contribution in [0.3, 0.4) is 0 Å². The van der Waals surface area contributed by atoms with Gasteiger partial charge in [-0.1, -0.05) is 25.7 Å². The van der Waals surface area contributed by atoms with Gasteiger partial charge in [-0.2, -0.15) is 0 Å². The number of primary amides is 1. The zero-order valence-corrected chi connectivity index (χ0v) is 17.1. The maximum Gasteiger partial charge on any atom is 0.224 e. The van der Waals surface area contributed by atoms with Crippen molar-refractivity contribution in [1.82, 2.24) is 5.32 Å². The second-order valence-electron chi connectivity index (χ2n) is 9.06. The first-order valence-electron chi connectivity index (χ1n) is 10.1. The van der Waals surface area contributed by atoms with Gasteiger partial charge in [0.1, 0.15) is 11.6 Å². The van der Waals surface area contributed by atoms with Crippen molar-refractivity contribution >= 4 is 11.8 Å². The molecule has 1 unspecified atom stereocenters. The van der Waals surface area contributed by atoms with Crippen LogP contribution in [0.2, 0.25) is 0 Å². The summed E-state index contributed by atoms with van der Waals surface area (Å²) in [5, 5.41) is 2.98. The number of nitrogens with one attached hydrogen (secondary N) is 1. The summed E-state index contributed by atoms with van der Waals surface area (Å²) in [6.07, 6.45) is 5.58. The number of nitrogens with two attached hydrogens (primary N) is 1. The van der Waals surface area contributed by atoms with Gasteiger partial charge in [0.25, 0.3) is 0 Å². The van der Waals surface area contributed by atoms with Gasteiger partial charge in [0.2, 0.25) is 11.8 Å². The number of hydrogen-bond acceptors (Lipinski definition) is 2. The highest BCUT2D eigenvalue weighted by Gasteiger charge is 2.36. The molecule has 2 rings (SSSR count). The van der Waals surface area contributed by atoms with Crippen molar-refractivity contribution < 1.29 is 18.4 Å². The topological polar surface area (TPSA) is 72.2 Å². The molecule has 0 bridgehead atoms. The van der Waals surface area contributed by atoms with Gasteiger partial charge in [0.15, 0.2) is 0 Å². The lowest BCUT2D eigenvalue weighted by molar-refractivity contribution is -0.135. The lowest BCUT2D eigenvalue weighted by atomic mass is 9.79. The normalized spacial score (nSPS) is 17.3. The summed E-state index contributed by atoms with van der Waals surface area (Å²) in [5.74, 6) is -2.81. The molecule has 0 aromatic heterocycles. The second-order valence-corrected chi connectivity index (χ2v) is 9.06. The molecule has 0 saturated heterocycles. The lowest BCUT2D eigenvalue weighted by Crippen LogP contribution is -2.48. The number of amides is 2. The van der Waals surface area contributed by atoms with Gasteiger partial charge in [-0.25, -0.2) is 8.78 Å². The molecule has 0 spiro atoms. The summed E-state index contributed by atoms with van der Waals surface area (Å²) in [6, 6.07) is 3.32. The summed E-state index contributed by atoms with van der Waals surface area (Å²) < 4.78 is 26.9. The van der Waals surface area contributed by atoms with E-state index in [1.54, 1.807) is 0 Å². The molecule has 3 N–H and O–H groups in total. The number of carbonyl (C=O) groups excluding carboxylic acids is 2. The molecule has 1 saturated carbocycles. The molecule has 1 aliphatic carbocycles. The average Bonchev–Trinajstić information content (AvgIpc) is 3.04. The lowest BCUT2D eigenvalue weighted by Gasteiger charge is -2.30. The summed E-state index contributed by atoms with van der Waals surface area (Å²) in [6.45, 7) is 5.69. The first-order chi connectivity index (χ1) is 13.0. The molecule has 0 radical (unpaired) electrons. The van der Waals surface area contributed by atoms with Gasteiger partial charge in [0.05, 0.1) is 0 Å². The average molecular weight is 395 g/mol. The Morgan fingerprint density at radius 3 is 2.18 bits per heavy atom. The third kappa shape index (κ3) is 6.88. The Labute approximate surface area is 166 Å². The molecule has 2 amide bonds. The van der Waals surface area contributed by atoms with Crippen LogP contribution in [0.1, 0.15) is 64.9 Å². The van der Waals surface area contributed by atoms with Crippen molar-refractivity contribution in [2.45, 2.75) is 71.3 Å². The number of hydrogen-bond donors (Lipinski definition) is 2. The largest absolute Gasteiger partial charge is 0.369 e. The van der Waals surface area contributed by atoms with Gasteiger partial charge >= 0.3 is 0 Å². The minimum Gasteiger partial charge on any atom is -0.369 e. The fraction of sp³-hybridized carbons (Fsp3) is 0.636. The summed E-state index contributed by atoms with van der Waals surface area (Å²) >= 11 is 0. The first-order valence-corrected chi connectivity index (χ1v) is 10.1. The summed E-state index contributed by atoms with van der Waals surface area (Å²) in [4.78, 5) is 25.2. The molecule has 0 heterocycles. The Kier molecular flexibility index (Phi) is 7.55. The molecular formula is C22H32F2N2O2. The fourth-order valence-electron chi connectivity index (χ4n) is 4.14. The van der Waals surface area contributed by atoms with Gasteiger partial charge in [-0.3, -0.25) is 9.59 Å². The highest BCUT2D eigenvalue weighted by molar-refractivity contribution is 5.87. The van der Waals surface area contributed by atoms with E-state index in [0.717, 1.165) is 31.7 Å². The van der Waals surface area contributed by atoms with Crippen LogP contribution in [-0.2, 0) is 16.0 Å². The van der Waals surface area contributed by atoms with Gasteiger partial charge in [-0.15, -0.1) is 0 Å². The van der Waals surface area contributed by atoms with Crippen LogP contribution < -0.4 is 11.1 Å². The Hall–Kier alpha value is -1.98. The van der Waals surface area contributed by atoms with Crippen LogP contribution in [0.25, 0.3) is 0 Å². The van der Waals surface area contributed by atoms with Crippen LogP contribution in [0.4, 0.5) is 8.78 Å². The quantitative estimate of drug-likeness (QED) is 0.696. The molecule has 2 atom stereocenters. The number of benzene rings is 1. The van der Waals surface area contributed by atoms with E-state index in [1.807, 2.05) is 20.8 Å². The van der Waals surface area contributed by atoms with Crippen molar-refractivity contribution in [3.63, 3.8) is 0 Å². The predicted molar refractivity (Wildman–Crippen MR) is 105 cm³/mol. The number of aryl methyl sites for hydroxylation is 1. The standard InChI is InChI=1S/C22H32F2N2O2/c1-22(2,3)26-21(28)19(12-14-6-4-5-7-14)18(20(25)27)9-8-15-10-16(23)13-17(24)11-15/h10-11,13-14,18-19H,4-9,12H2,1-3H3,(H2,25,27)(H,26,28)/t18-,19?/m0/s1. The molecule has 4 nitrogen and oxygen atoms in total. The van der Waals surface area contributed by atoms with E-state index in [4.69, 9.17) is 5.73 Å². The van der Waals surface area contributed by atoms with E-state index >= 15 is 0 Å². The minimum atomic E-state index is -0.672. The SMILES string of the molecule is CC(C)(C)NC(=O)C(CC1CCCC1)[C@H](CCc1cc(F)cc(F)c1)C(N)=O. The molecule has 28 heavy (non-hydrogen) atoms. The zero-order chi connectivity index (χ0) is 20.9. The Morgan fingerprint density at radius 1 is 1.11 bits per heavy atom. The van der Waals surface area contributed by atoms with Gasteiger partial charge in [-0.05, 0) is 63.6 Å². The van der Waals surface area contributed by atoms with E-state index in [2.05, 4.69) is 5.32 Å². The summed E-state index contributed by atoms with van der Waals surface area (Å²) in [5.41, 5.74) is 5.71. The smallest absolute Gasteiger partial charge is 0.224 e. The number of rotatable bonds is 8. The van der Waals surface area contributed by atoms with Crippen molar-refractivity contribution in [2.75, 3.05) is 0 Å². The first kappa shape index (κ1) is 22.3. The van der Waals surface area contributed by atoms with Crippen LogP contribution in [0.5, 0.6) is 0 Å². The molecular weight excluding hydrogens is 362 g/mol. The van der Waals surface area contributed by atoms with Crippen molar-refractivity contribution in [3.05, 3.63) is 35.4 Å². The third-order valence-electron chi connectivity index (χ3n) is 5.41. The number of halogens is 2. The van der Waals surface area contributed by atoms with E-state index in [9.17, 15) is 18.4 Å². The van der Waals surface area contributed by atoms with E-state index in [1.165, 1.54) is 12.1 Å². The Bertz CT molecular complexity index is 674. The second kappa shape index (κ2) is 9.48. The van der Waals surface area contributed by atoms with E-state index in [0.29, 0.717) is 17.9 Å². The fourth-order valence-corrected chi connectivity index (χ4v) is 4.14. The monoisotopic (exact) mass is 394 g/mol. The van der Waals surface area contributed by atoms with Gasteiger partial charge < -0.3 is 11.1 Å². The van der Waals surface area contributed by atoms with Crippen LogP contribution in [-0.4, -0.2) is 17.4 Å². The van der Waals surface area contributed by atoms with Crippen LogP contribution >= 0.6 is 0 Å². The molecule has 0 aliphatic heterocycles. The van der Waals surface area contributed by atoms with E-state index in [-0.39, 0.29) is 18.7 Å². The van der Waals surface area contributed by atoms with Crippen molar-refractivity contribution in [1.29, 1.82) is 0 Å². The maximum absolute atomic E-state index is 13.5. The minimum absolute atomic E-state index is 0.173. The van der Waals surface area contributed by atoms with Crippen molar-refractivity contribution in [3.8, 4) is 0 Å². The Balaban J connectivity index is 2.18. The zero-order valence-electron chi connectivity index (χ0n) is 17.1. The maximum atomic E-state index is 13.5. The molecule has 1 fully saturated rings. The van der Waals surface area contributed by atoms with Gasteiger partial charge in [0, 0.05) is 23.4 Å².